The first-order valence-corrected chi connectivity index (χ1v) is 23.0. The molecule has 4 rings (SSSR count). The number of hydrogen-bond donors (Lipinski definition) is 16. The molecule has 26 heteroatoms. The minimum atomic E-state index is -1.91. The Morgan fingerprint density at radius 2 is 1.29 bits per heavy atom. The monoisotopic (exact) mass is 1000 g/mol. The van der Waals surface area contributed by atoms with Gasteiger partial charge in [-0.15, -0.1) is 5.10 Å². The van der Waals surface area contributed by atoms with E-state index in [1.165, 1.54) is 4.90 Å². The van der Waals surface area contributed by atoms with Gasteiger partial charge in [-0.1, -0.05) is 60.1 Å². The van der Waals surface area contributed by atoms with E-state index in [1.54, 1.807) is 11.9 Å². The van der Waals surface area contributed by atoms with Crippen LogP contribution in [0.1, 0.15) is 72.0 Å². The van der Waals surface area contributed by atoms with Crippen molar-refractivity contribution in [3.05, 3.63) is 76.3 Å². The van der Waals surface area contributed by atoms with Crippen LogP contribution in [0.5, 0.6) is 0 Å². The Morgan fingerprint density at radius 1 is 0.743 bits per heavy atom. The molecular formula is C44H66ClN13O12. The zero-order valence-corrected chi connectivity index (χ0v) is 39.4. The second kappa shape index (κ2) is 28.3. The van der Waals surface area contributed by atoms with E-state index in [0.29, 0.717) is 38.1 Å². The zero-order chi connectivity index (χ0) is 51.5. The fourth-order valence-corrected chi connectivity index (χ4v) is 7.57. The molecule has 2 heterocycles. The maximum Gasteiger partial charge on any atom is 0.280 e. The summed E-state index contributed by atoms with van der Waals surface area (Å²) in [6, 6.07) is 15.5. The molecule has 0 aliphatic heterocycles. The van der Waals surface area contributed by atoms with Crippen molar-refractivity contribution in [1.29, 1.82) is 5.41 Å². The SMILES string of the molecule is CN(C(=O)CCc1ccc(-c2ccc(CCCCNC(=N)NC(=O)c3nc(Cl)c(N)nc3N)cc2)cc1)C(CCCCN(CC(O)C(O)C(O)C(O)CO)CC(O)C(O)C(O)C(O)CO)c1nnn[nH]1. The molecule has 2 aromatic carbocycles. The third kappa shape index (κ3) is 17.1. The number of nitrogens with zero attached hydrogens (tertiary/aromatic N) is 7. The van der Waals surface area contributed by atoms with Crippen molar-refractivity contribution in [2.75, 3.05) is 57.9 Å². The van der Waals surface area contributed by atoms with Crippen LogP contribution in [0.4, 0.5) is 11.6 Å². The summed E-state index contributed by atoms with van der Waals surface area (Å²) in [5.74, 6) is -1.09. The van der Waals surface area contributed by atoms with Gasteiger partial charge in [-0.3, -0.25) is 25.2 Å². The molecule has 18 N–H and O–H groups in total. The summed E-state index contributed by atoms with van der Waals surface area (Å²) in [5, 5.41) is 127. The van der Waals surface area contributed by atoms with Crippen molar-refractivity contribution in [2.45, 2.75) is 106 Å². The minimum absolute atomic E-state index is 0.104. The highest BCUT2D eigenvalue weighted by Crippen LogP contribution is 2.25. The van der Waals surface area contributed by atoms with Crippen LogP contribution in [0.2, 0.25) is 5.15 Å². The molecule has 0 aliphatic rings. The summed E-state index contributed by atoms with van der Waals surface area (Å²) in [7, 11) is 1.64. The van der Waals surface area contributed by atoms with Gasteiger partial charge in [0.1, 0.15) is 36.6 Å². The molecular weight excluding hydrogens is 938 g/mol. The minimum Gasteiger partial charge on any atom is -0.394 e. The van der Waals surface area contributed by atoms with Crippen molar-refractivity contribution < 1.29 is 60.7 Å². The molecule has 0 saturated carbocycles. The number of aliphatic hydroxyl groups excluding tert-OH is 10. The largest absolute Gasteiger partial charge is 0.394 e. The predicted octanol–water partition coefficient (Wildman–Crippen LogP) is -2.77. The summed E-state index contributed by atoms with van der Waals surface area (Å²) in [5.41, 5.74) is 15.1. The van der Waals surface area contributed by atoms with Gasteiger partial charge in [0.25, 0.3) is 5.91 Å². The number of amides is 2. The number of benzene rings is 2. The zero-order valence-electron chi connectivity index (χ0n) is 38.7. The number of aromatic amines is 1. The van der Waals surface area contributed by atoms with E-state index >= 15 is 0 Å². The van der Waals surface area contributed by atoms with Gasteiger partial charge in [0.15, 0.2) is 34.3 Å². The van der Waals surface area contributed by atoms with Gasteiger partial charge in [0.05, 0.1) is 31.5 Å². The van der Waals surface area contributed by atoms with E-state index in [2.05, 4.69) is 53.4 Å². The van der Waals surface area contributed by atoms with E-state index in [-0.39, 0.29) is 47.3 Å². The van der Waals surface area contributed by atoms with E-state index in [4.69, 9.17) is 38.7 Å². The molecule has 0 spiro atoms. The first-order chi connectivity index (χ1) is 33.3. The molecule has 2 aromatic heterocycles. The lowest BCUT2D eigenvalue weighted by atomic mass is 9.99. The summed E-state index contributed by atoms with van der Waals surface area (Å²) < 4.78 is 0. The van der Waals surface area contributed by atoms with Crippen LogP contribution in [-0.2, 0) is 17.6 Å². The number of unbranched alkanes of at least 4 members (excludes halogenated alkanes) is 2. The highest BCUT2D eigenvalue weighted by Gasteiger charge is 2.34. The lowest BCUT2D eigenvalue weighted by Gasteiger charge is -2.33. The maximum absolute atomic E-state index is 13.6. The number of aryl methyl sites for hydroxylation is 2. The van der Waals surface area contributed by atoms with Gasteiger partial charge in [-0.05, 0) is 84.2 Å². The topological polar surface area (TPSA) is 423 Å². The Morgan fingerprint density at radius 3 is 1.81 bits per heavy atom. The average molecular weight is 1000 g/mol. The standard InChI is InChI=1S/C44H66ClN13O12/c1-57(28(42-53-55-56-54-42)7-3-5-19-58(20-29(61)35(66)37(68)31(63)22-59)21-30(62)36(67)38(69)32(64)23-60)33(65)17-12-25-10-15-27(16-11-25)26-13-8-24(9-14-26)6-2-4-18-49-44(48)52-43(70)34-40(46)51-41(47)39(45)50-34/h8-11,13-16,28-32,35-38,59-64,66-69H,2-7,12,17-23H2,1H3,(H4,46,47,51)(H3,48,49,52,70)(H,53,54,55,56). The smallest absolute Gasteiger partial charge is 0.280 e. The Labute approximate surface area is 408 Å². The maximum atomic E-state index is 13.6. The van der Waals surface area contributed by atoms with Gasteiger partial charge in [0, 0.05) is 33.1 Å². The molecule has 25 nitrogen and oxygen atoms in total. The molecule has 0 fully saturated rings. The highest BCUT2D eigenvalue weighted by atomic mass is 35.5. The molecule has 0 bridgehead atoms. The molecule has 386 valence electrons. The van der Waals surface area contributed by atoms with Crippen LogP contribution >= 0.6 is 11.6 Å². The number of hydrogen-bond acceptors (Lipinski definition) is 21. The van der Waals surface area contributed by atoms with Crippen molar-refractivity contribution in [2.24, 2.45) is 0 Å². The summed E-state index contributed by atoms with van der Waals surface area (Å²) in [4.78, 5) is 36.5. The first-order valence-electron chi connectivity index (χ1n) is 22.6. The number of guanidine groups is 1. The van der Waals surface area contributed by atoms with Gasteiger partial charge in [0.2, 0.25) is 5.91 Å². The first kappa shape index (κ1) is 57.0. The van der Waals surface area contributed by atoms with E-state index < -0.39 is 87.1 Å². The van der Waals surface area contributed by atoms with Crippen LogP contribution in [-0.4, -0.2) is 205 Å². The highest BCUT2D eigenvalue weighted by molar-refractivity contribution is 6.31. The van der Waals surface area contributed by atoms with E-state index in [1.807, 2.05) is 36.4 Å². The van der Waals surface area contributed by atoms with E-state index in [9.17, 15) is 50.4 Å². The average Bonchev–Trinajstić information content (AvgIpc) is 3.90. The summed E-state index contributed by atoms with van der Waals surface area (Å²) in [6.45, 7) is -2.03. The number of tetrazole rings is 1. The second-order valence-electron chi connectivity index (χ2n) is 16.9. The van der Waals surface area contributed by atoms with Crippen LogP contribution < -0.4 is 22.1 Å². The number of rotatable bonds is 29. The summed E-state index contributed by atoms with van der Waals surface area (Å²) >= 11 is 5.84. The molecule has 0 aliphatic carbocycles. The van der Waals surface area contributed by atoms with Crippen molar-refractivity contribution in [1.82, 2.24) is 51.0 Å². The number of anilines is 2. The van der Waals surface area contributed by atoms with Gasteiger partial charge >= 0.3 is 0 Å². The number of H-pyrrole nitrogens is 1. The molecule has 70 heavy (non-hydrogen) atoms. The van der Waals surface area contributed by atoms with Crippen LogP contribution in [0.25, 0.3) is 11.1 Å². The molecule has 9 atom stereocenters. The van der Waals surface area contributed by atoms with Crippen molar-refractivity contribution in [3.63, 3.8) is 0 Å². The quantitative estimate of drug-likeness (QED) is 0.0149. The number of carbonyl (C=O) groups excluding carboxylic acids is 2. The number of nitrogens with one attached hydrogen (secondary N) is 4. The number of carbonyl (C=O) groups is 2. The van der Waals surface area contributed by atoms with Gasteiger partial charge < -0.3 is 72.7 Å². The Hall–Kier alpha value is -5.55. The van der Waals surface area contributed by atoms with Crippen molar-refractivity contribution in [3.8, 4) is 11.1 Å². The molecule has 2 amide bonds. The normalized spacial score (nSPS) is 15.6. The molecule has 0 radical (unpaired) electrons. The Balaban J connectivity index is 1.25. The molecule has 0 saturated heterocycles. The molecule has 9 unspecified atom stereocenters. The summed E-state index contributed by atoms with van der Waals surface area (Å²) in [6.07, 6.45) is -10.4. The van der Waals surface area contributed by atoms with Crippen LogP contribution in [0.15, 0.2) is 48.5 Å². The number of nitrogen functional groups attached to an aromatic ring is 2. The second-order valence-corrected chi connectivity index (χ2v) is 17.3. The van der Waals surface area contributed by atoms with Crippen LogP contribution in [0.3, 0.4) is 0 Å². The number of nitrogens with two attached hydrogens (primary N) is 2. The molecule has 4 aromatic rings. The number of aromatic nitrogens is 6. The third-order valence-electron chi connectivity index (χ3n) is 11.7. The number of halogens is 1. The lowest BCUT2D eigenvalue weighted by Crippen LogP contribution is -2.53. The Kier molecular flexibility index (Phi) is 23.1. The third-order valence-corrected chi connectivity index (χ3v) is 12.0. The fraction of sp³-hybridized carbons (Fsp3) is 0.545. The van der Waals surface area contributed by atoms with Crippen LogP contribution in [0, 0.1) is 5.41 Å². The predicted molar refractivity (Wildman–Crippen MR) is 254 cm³/mol. The van der Waals surface area contributed by atoms with Crippen molar-refractivity contribution >= 4 is 41.0 Å². The fourth-order valence-electron chi connectivity index (χ4n) is 7.45. The number of aliphatic hydroxyl groups is 10. The lowest BCUT2D eigenvalue weighted by molar-refractivity contribution is -0.132. The Bertz CT molecular complexity index is 2190. The van der Waals surface area contributed by atoms with Gasteiger partial charge in [-0.25, -0.2) is 15.1 Å². The van der Waals surface area contributed by atoms with E-state index in [0.717, 1.165) is 41.5 Å². The van der Waals surface area contributed by atoms with Gasteiger partial charge in [-0.2, -0.15) is 0 Å².